The second-order valence-corrected chi connectivity index (χ2v) is 5.60. The molecule has 0 heterocycles. The van der Waals surface area contributed by atoms with Crippen LogP contribution in [0.3, 0.4) is 0 Å². The van der Waals surface area contributed by atoms with E-state index < -0.39 is 6.10 Å². The summed E-state index contributed by atoms with van der Waals surface area (Å²) in [5.41, 5.74) is 0. The molecule has 1 aliphatic carbocycles. The fourth-order valence-electron chi connectivity index (χ4n) is 2.48. The first-order valence-corrected chi connectivity index (χ1v) is 7.81. The van der Waals surface area contributed by atoms with E-state index in [0.29, 0.717) is 45.0 Å². The van der Waals surface area contributed by atoms with Crippen molar-refractivity contribution in [3.63, 3.8) is 0 Å². The molecule has 2 N–H and O–H groups in total. The summed E-state index contributed by atoms with van der Waals surface area (Å²) in [4.78, 5) is 0. The van der Waals surface area contributed by atoms with E-state index in [1.165, 1.54) is 19.3 Å². The maximum Gasteiger partial charge on any atom is 0.0897 e. The molecule has 0 saturated heterocycles. The predicted octanol–water partition coefficient (Wildman–Crippen LogP) is 1.20. The van der Waals surface area contributed by atoms with Crippen LogP contribution in [-0.4, -0.2) is 63.9 Å². The zero-order valence-corrected chi connectivity index (χ0v) is 13.0. The van der Waals surface area contributed by atoms with Crippen LogP contribution in [0.1, 0.15) is 32.6 Å². The van der Waals surface area contributed by atoms with E-state index >= 15 is 0 Å². The molecule has 0 aromatic rings. The van der Waals surface area contributed by atoms with Crippen molar-refractivity contribution < 1.29 is 19.3 Å². The molecule has 0 spiro atoms. The average Bonchev–Trinajstić information content (AvgIpc) is 2.45. The number of hydrogen-bond acceptors (Lipinski definition) is 5. The van der Waals surface area contributed by atoms with E-state index in [1.54, 1.807) is 7.11 Å². The van der Waals surface area contributed by atoms with Crippen LogP contribution in [0.15, 0.2) is 0 Å². The zero-order valence-electron chi connectivity index (χ0n) is 13.0. The highest BCUT2D eigenvalue weighted by molar-refractivity contribution is 4.73. The molecular weight excluding hydrogens is 258 g/mol. The van der Waals surface area contributed by atoms with Crippen molar-refractivity contribution in [1.29, 1.82) is 0 Å². The Balaban J connectivity index is 1.93. The molecule has 1 rings (SSSR count). The number of ether oxygens (including phenoxy) is 3. The van der Waals surface area contributed by atoms with Crippen molar-refractivity contribution in [3.05, 3.63) is 0 Å². The third kappa shape index (κ3) is 8.17. The van der Waals surface area contributed by atoms with Gasteiger partial charge in [0.2, 0.25) is 0 Å². The predicted molar refractivity (Wildman–Crippen MR) is 78.9 cm³/mol. The second-order valence-electron chi connectivity index (χ2n) is 5.60. The molecule has 3 unspecified atom stereocenters. The second kappa shape index (κ2) is 11.5. The monoisotopic (exact) mass is 289 g/mol. The topological polar surface area (TPSA) is 60.0 Å². The summed E-state index contributed by atoms with van der Waals surface area (Å²) in [6.45, 7) is 5.82. The highest BCUT2D eigenvalue weighted by Crippen LogP contribution is 2.26. The summed E-state index contributed by atoms with van der Waals surface area (Å²) in [6, 6.07) is 0. The van der Waals surface area contributed by atoms with Crippen LogP contribution in [0, 0.1) is 5.92 Å². The van der Waals surface area contributed by atoms with E-state index in [4.69, 9.17) is 14.2 Å². The molecule has 1 aliphatic rings. The Kier molecular flexibility index (Phi) is 10.2. The molecule has 1 saturated carbocycles. The molecule has 3 atom stereocenters. The zero-order chi connectivity index (χ0) is 14.6. The Morgan fingerprint density at radius 3 is 2.75 bits per heavy atom. The number of aliphatic hydroxyl groups excluding tert-OH is 1. The van der Waals surface area contributed by atoms with Gasteiger partial charge in [-0.25, -0.2) is 0 Å². The lowest BCUT2D eigenvalue weighted by atomic mass is 9.88. The summed E-state index contributed by atoms with van der Waals surface area (Å²) < 4.78 is 16.0. The van der Waals surface area contributed by atoms with Crippen molar-refractivity contribution in [3.8, 4) is 0 Å². The lowest BCUT2D eigenvalue weighted by Gasteiger charge is -2.29. The Morgan fingerprint density at radius 2 is 2.00 bits per heavy atom. The molecule has 0 bridgehead atoms. The molecule has 1 fully saturated rings. The first kappa shape index (κ1) is 17.9. The van der Waals surface area contributed by atoms with Gasteiger partial charge in [-0.15, -0.1) is 0 Å². The van der Waals surface area contributed by atoms with Crippen LogP contribution in [0.2, 0.25) is 0 Å². The maximum atomic E-state index is 9.86. The molecular formula is C15H31NO4. The summed E-state index contributed by atoms with van der Waals surface area (Å²) in [5.74, 6) is 0.623. The number of methoxy groups -OCH3 is 1. The Labute approximate surface area is 123 Å². The van der Waals surface area contributed by atoms with Gasteiger partial charge in [0.25, 0.3) is 0 Å². The Bertz CT molecular complexity index is 228. The van der Waals surface area contributed by atoms with Crippen molar-refractivity contribution >= 4 is 0 Å². The highest BCUT2D eigenvalue weighted by Gasteiger charge is 2.22. The van der Waals surface area contributed by atoms with Crippen LogP contribution in [0.5, 0.6) is 0 Å². The van der Waals surface area contributed by atoms with Gasteiger partial charge in [-0.3, -0.25) is 0 Å². The third-order valence-corrected chi connectivity index (χ3v) is 3.77. The van der Waals surface area contributed by atoms with Gasteiger partial charge in [-0.05, 0) is 18.8 Å². The molecule has 5 nitrogen and oxygen atoms in total. The summed E-state index contributed by atoms with van der Waals surface area (Å²) >= 11 is 0. The van der Waals surface area contributed by atoms with Gasteiger partial charge in [0.15, 0.2) is 0 Å². The number of rotatable bonds is 11. The SMILES string of the molecule is COCCOCCNCC(O)COC1CCCCC1C. The van der Waals surface area contributed by atoms with E-state index in [2.05, 4.69) is 12.2 Å². The minimum atomic E-state index is -0.442. The molecule has 5 heteroatoms. The minimum Gasteiger partial charge on any atom is -0.389 e. The standard InChI is InChI=1S/C15H31NO4/c1-13-5-3-4-6-15(13)20-12-14(17)11-16-7-8-19-10-9-18-2/h13-17H,3-12H2,1-2H3. The third-order valence-electron chi connectivity index (χ3n) is 3.77. The smallest absolute Gasteiger partial charge is 0.0897 e. The minimum absolute atomic E-state index is 0.329. The van der Waals surface area contributed by atoms with Crippen molar-refractivity contribution in [2.75, 3.05) is 46.6 Å². The van der Waals surface area contributed by atoms with Crippen LogP contribution in [-0.2, 0) is 14.2 Å². The Hall–Kier alpha value is -0.200. The molecule has 0 radical (unpaired) electrons. The van der Waals surface area contributed by atoms with Gasteiger partial charge in [-0.2, -0.15) is 0 Å². The van der Waals surface area contributed by atoms with E-state index in [0.717, 1.165) is 13.0 Å². The Morgan fingerprint density at radius 1 is 1.20 bits per heavy atom. The van der Waals surface area contributed by atoms with Crippen LogP contribution >= 0.6 is 0 Å². The summed E-state index contributed by atoms with van der Waals surface area (Å²) in [6.07, 6.45) is 4.84. The maximum absolute atomic E-state index is 9.86. The first-order chi connectivity index (χ1) is 9.74. The van der Waals surface area contributed by atoms with Gasteiger partial charge >= 0.3 is 0 Å². The molecule has 0 amide bonds. The lowest BCUT2D eigenvalue weighted by Crippen LogP contribution is -2.35. The highest BCUT2D eigenvalue weighted by atomic mass is 16.5. The van der Waals surface area contributed by atoms with E-state index in [1.807, 2.05) is 0 Å². The van der Waals surface area contributed by atoms with E-state index in [-0.39, 0.29) is 0 Å². The largest absolute Gasteiger partial charge is 0.389 e. The number of hydrogen-bond donors (Lipinski definition) is 2. The molecule has 120 valence electrons. The molecule has 0 aromatic carbocycles. The molecule has 0 aliphatic heterocycles. The van der Waals surface area contributed by atoms with Crippen molar-refractivity contribution in [2.24, 2.45) is 5.92 Å². The van der Waals surface area contributed by atoms with Gasteiger partial charge in [-0.1, -0.05) is 19.8 Å². The van der Waals surface area contributed by atoms with Gasteiger partial charge in [0, 0.05) is 20.2 Å². The molecule has 0 aromatic heterocycles. The van der Waals surface area contributed by atoms with E-state index in [9.17, 15) is 5.11 Å². The van der Waals surface area contributed by atoms with Gasteiger partial charge in [0.05, 0.1) is 38.6 Å². The fraction of sp³-hybridized carbons (Fsp3) is 1.00. The summed E-state index contributed by atoms with van der Waals surface area (Å²) in [7, 11) is 1.66. The van der Waals surface area contributed by atoms with Crippen molar-refractivity contribution in [2.45, 2.75) is 44.8 Å². The quantitative estimate of drug-likeness (QED) is 0.560. The van der Waals surface area contributed by atoms with Crippen LogP contribution < -0.4 is 5.32 Å². The van der Waals surface area contributed by atoms with Crippen molar-refractivity contribution in [1.82, 2.24) is 5.32 Å². The van der Waals surface area contributed by atoms with Gasteiger partial charge < -0.3 is 24.6 Å². The van der Waals surface area contributed by atoms with Crippen LogP contribution in [0.4, 0.5) is 0 Å². The normalized spacial score (nSPS) is 24.8. The first-order valence-electron chi connectivity index (χ1n) is 7.81. The summed E-state index contributed by atoms with van der Waals surface area (Å²) in [5, 5.41) is 13.0. The number of nitrogens with one attached hydrogen (secondary N) is 1. The van der Waals surface area contributed by atoms with Crippen LogP contribution in [0.25, 0.3) is 0 Å². The average molecular weight is 289 g/mol. The fourth-order valence-corrected chi connectivity index (χ4v) is 2.48. The van der Waals surface area contributed by atoms with Gasteiger partial charge in [0.1, 0.15) is 0 Å². The number of aliphatic hydroxyl groups is 1. The lowest BCUT2D eigenvalue weighted by molar-refractivity contribution is -0.0454. The molecule has 20 heavy (non-hydrogen) atoms.